The molecule has 0 aromatic heterocycles. The molecule has 2 amide bonds. The number of aryl methyl sites for hydroxylation is 1. The minimum atomic E-state index is -1.27. The molecule has 0 radical (unpaired) electrons. The molecule has 1 saturated heterocycles. The lowest BCUT2D eigenvalue weighted by molar-refractivity contribution is -0.141. The van der Waals surface area contributed by atoms with Crippen molar-refractivity contribution in [2.24, 2.45) is 0 Å². The molecule has 2 aliphatic heterocycles. The molecular weight excluding hydrogens is 705 g/mol. The van der Waals surface area contributed by atoms with Gasteiger partial charge in [-0.15, -0.1) is 0 Å². The molecule has 11 heteroatoms. The van der Waals surface area contributed by atoms with Crippen molar-refractivity contribution in [1.82, 2.24) is 15.1 Å². The van der Waals surface area contributed by atoms with Crippen LogP contribution in [0.3, 0.4) is 0 Å². The van der Waals surface area contributed by atoms with Crippen LogP contribution in [0.4, 0.5) is 4.39 Å². The van der Waals surface area contributed by atoms with Crippen LogP contribution in [-0.2, 0) is 27.2 Å². The largest absolute Gasteiger partial charge is 0.492 e. The lowest BCUT2D eigenvalue weighted by Crippen LogP contribution is -2.62. The van der Waals surface area contributed by atoms with Gasteiger partial charge in [-0.1, -0.05) is 54.6 Å². The third-order valence-electron chi connectivity index (χ3n) is 9.60. The van der Waals surface area contributed by atoms with E-state index < -0.39 is 24.5 Å². The van der Waals surface area contributed by atoms with Gasteiger partial charge in [0.15, 0.2) is 0 Å². The standard InChI is InChI=1S/C39H43BrFN3O6/c40-33-15-12-28(41)19-35(33)50-18-4-7-26-8-10-27(11-9-26)32-20-29-23-43(36(46)21-31(45)22-37(47)48)24-34(42-29)38(32)39(49)44(30-13-14-30)17-16-25-5-2-1-3-6-25/h1-3,5-6,8-12,15,19,29-31,34,42,45H,4,7,13-14,16-18,20-24H2,(H,47,48)/t29-,31+,34+/m0/s1. The summed E-state index contributed by atoms with van der Waals surface area (Å²) in [5.41, 5.74) is 4.92. The first kappa shape index (κ1) is 35.8. The van der Waals surface area contributed by atoms with Crippen molar-refractivity contribution in [2.45, 2.75) is 75.6 Å². The normalized spacial score (nSPS) is 19.2. The smallest absolute Gasteiger partial charge is 0.305 e. The summed E-state index contributed by atoms with van der Waals surface area (Å²) in [5.74, 6) is -1.36. The second-order valence-electron chi connectivity index (χ2n) is 13.5. The SMILES string of the molecule is O=C(O)C[C@H](O)CC(=O)N1C[C@@H]2CC(c3ccc(CCCOc4cc(F)ccc4Br)cc3)=C(C(=O)N(CCc3ccccc3)C3CC3)[C@@H](C1)N2. The number of benzene rings is 3. The molecule has 50 heavy (non-hydrogen) atoms. The number of carbonyl (C=O) groups excluding carboxylic acids is 2. The van der Waals surface area contributed by atoms with Crippen LogP contribution in [0.15, 0.2) is 82.8 Å². The average Bonchev–Trinajstić information content (AvgIpc) is 3.93. The number of carboxylic acid groups (broad SMARTS) is 1. The second-order valence-corrected chi connectivity index (χ2v) is 14.3. The number of aliphatic carboxylic acids is 1. The van der Waals surface area contributed by atoms with Crippen LogP contribution < -0.4 is 10.1 Å². The first-order valence-corrected chi connectivity index (χ1v) is 18.1. The first-order valence-electron chi connectivity index (χ1n) is 17.3. The molecule has 3 N–H and O–H groups in total. The highest BCUT2D eigenvalue weighted by atomic mass is 79.9. The maximum Gasteiger partial charge on any atom is 0.305 e. The van der Waals surface area contributed by atoms with E-state index in [9.17, 15) is 23.9 Å². The molecule has 3 aromatic carbocycles. The molecule has 0 unspecified atom stereocenters. The van der Waals surface area contributed by atoms with Crippen LogP contribution in [-0.4, -0.2) is 88.3 Å². The van der Waals surface area contributed by atoms with E-state index in [0.717, 1.165) is 48.8 Å². The third-order valence-corrected chi connectivity index (χ3v) is 10.3. The Balaban J connectivity index is 1.21. The molecule has 3 aliphatic rings. The summed E-state index contributed by atoms with van der Waals surface area (Å²) in [6.45, 7) is 1.69. The summed E-state index contributed by atoms with van der Waals surface area (Å²) in [6, 6.07) is 22.5. The number of aliphatic hydroxyl groups excluding tert-OH is 1. The van der Waals surface area contributed by atoms with Crippen LogP contribution in [0.2, 0.25) is 0 Å². The highest BCUT2D eigenvalue weighted by Crippen LogP contribution is 2.37. The zero-order valence-electron chi connectivity index (χ0n) is 27.9. The van der Waals surface area contributed by atoms with Crippen LogP contribution in [0.5, 0.6) is 5.75 Å². The van der Waals surface area contributed by atoms with Gasteiger partial charge < -0.3 is 30.1 Å². The Hall–Kier alpha value is -4.06. The fourth-order valence-corrected chi connectivity index (χ4v) is 7.34. The van der Waals surface area contributed by atoms with E-state index in [1.165, 1.54) is 17.7 Å². The first-order chi connectivity index (χ1) is 24.1. The number of halogens is 2. The highest BCUT2D eigenvalue weighted by Gasteiger charge is 2.43. The van der Waals surface area contributed by atoms with Crippen molar-refractivity contribution in [3.8, 4) is 5.75 Å². The van der Waals surface area contributed by atoms with E-state index in [1.807, 2.05) is 23.1 Å². The number of hydrogen-bond donors (Lipinski definition) is 3. The number of hydrogen-bond acceptors (Lipinski definition) is 6. The lowest BCUT2D eigenvalue weighted by atomic mass is 9.82. The highest BCUT2D eigenvalue weighted by molar-refractivity contribution is 9.10. The molecule has 1 aliphatic carbocycles. The second kappa shape index (κ2) is 16.3. The summed E-state index contributed by atoms with van der Waals surface area (Å²) in [6.07, 6.45) is 2.69. The Bertz CT molecular complexity index is 1710. The summed E-state index contributed by atoms with van der Waals surface area (Å²) in [7, 11) is 0. The van der Waals surface area contributed by atoms with Gasteiger partial charge in [0.05, 0.1) is 36.1 Å². The Kier molecular flexibility index (Phi) is 11.7. The van der Waals surface area contributed by atoms with E-state index in [2.05, 4.69) is 57.6 Å². The molecule has 264 valence electrons. The van der Waals surface area contributed by atoms with Gasteiger partial charge in [-0.05, 0) is 88.9 Å². The van der Waals surface area contributed by atoms with Crippen molar-refractivity contribution in [2.75, 3.05) is 26.2 Å². The number of rotatable bonds is 15. The minimum absolute atomic E-state index is 0.0145. The predicted octanol–water partition coefficient (Wildman–Crippen LogP) is 5.39. The Morgan fingerprint density at radius 1 is 0.980 bits per heavy atom. The molecule has 2 fully saturated rings. The molecule has 0 spiro atoms. The van der Waals surface area contributed by atoms with Gasteiger partial charge >= 0.3 is 5.97 Å². The van der Waals surface area contributed by atoms with E-state index in [4.69, 9.17) is 9.84 Å². The van der Waals surface area contributed by atoms with Gasteiger partial charge in [0.25, 0.3) is 5.91 Å². The van der Waals surface area contributed by atoms with Crippen LogP contribution in [0.25, 0.3) is 5.57 Å². The summed E-state index contributed by atoms with van der Waals surface area (Å²) < 4.78 is 20.1. The van der Waals surface area contributed by atoms with E-state index in [1.54, 1.807) is 11.0 Å². The third kappa shape index (κ3) is 9.18. The minimum Gasteiger partial charge on any atom is -0.492 e. The average molecular weight is 749 g/mol. The molecule has 2 heterocycles. The van der Waals surface area contributed by atoms with Gasteiger partial charge in [0.1, 0.15) is 11.6 Å². The van der Waals surface area contributed by atoms with Crippen LogP contribution >= 0.6 is 15.9 Å². The van der Waals surface area contributed by atoms with Crippen molar-refractivity contribution < 1.29 is 33.7 Å². The van der Waals surface area contributed by atoms with Crippen molar-refractivity contribution in [3.63, 3.8) is 0 Å². The molecule has 3 atom stereocenters. The molecule has 6 rings (SSSR count). The Morgan fingerprint density at radius 2 is 1.72 bits per heavy atom. The van der Waals surface area contributed by atoms with Gasteiger partial charge in [-0.2, -0.15) is 0 Å². The Labute approximate surface area is 300 Å². The number of aliphatic hydroxyl groups is 1. The van der Waals surface area contributed by atoms with E-state index in [-0.39, 0.29) is 42.7 Å². The fraction of sp³-hybridized carbons (Fsp3) is 0.410. The number of nitrogens with one attached hydrogen (secondary N) is 1. The van der Waals surface area contributed by atoms with Crippen molar-refractivity contribution >= 4 is 39.3 Å². The molecule has 3 aromatic rings. The van der Waals surface area contributed by atoms with E-state index in [0.29, 0.717) is 41.9 Å². The lowest BCUT2D eigenvalue weighted by Gasteiger charge is -2.45. The number of carboxylic acids is 1. The van der Waals surface area contributed by atoms with Gasteiger partial charge in [0, 0.05) is 43.4 Å². The monoisotopic (exact) mass is 747 g/mol. The number of fused-ring (bicyclic) bond motifs is 2. The summed E-state index contributed by atoms with van der Waals surface area (Å²) >= 11 is 3.40. The Morgan fingerprint density at radius 3 is 2.44 bits per heavy atom. The number of amides is 2. The zero-order valence-corrected chi connectivity index (χ0v) is 29.5. The number of carbonyl (C=O) groups is 3. The molecule has 9 nitrogen and oxygen atoms in total. The summed E-state index contributed by atoms with van der Waals surface area (Å²) in [4.78, 5) is 42.6. The van der Waals surface area contributed by atoms with Gasteiger partial charge in [-0.25, -0.2) is 4.39 Å². The topological polar surface area (TPSA) is 119 Å². The maximum atomic E-state index is 14.6. The number of ether oxygens (including phenoxy) is 1. The van der Waals surface area contributed by atoms with Crippen molar-refractivity contribution in [1.29, 1.82) is 0 Å². The quantitative estimate of drug-likeness (QED) is 0.179. The zero-order chi connectivity index (χ0) is 35.2. The van der Waals surface area contributed by atoms with Gasteiger partial charge in [-0.3, -0.25) is 14.4 Å². The predicted molar refractivity (Wildman–Crippen MR) is 191 cm³/mol. The molecule has 1 saturated carbocycles. The van der Waals surface area contributed by atoms with Gasteiger partial charge in [0.2, 0.25) is 5.91 Å². The fourth-order valence-electron chi connectivity index (χ4n) is 6.98. The molecule has 2 bridgehead atoms. The number of nitrogens with zero attached hydrogens (tertiary/aromatic N) is 2. The maximum absolute atomic E-state index is 14.6. The van der Waals surface area contributed by atoms with E-state index >= 15 is 0 Å². The van der Waals surface area contributed by atoms with Crippen LogP contribution in [0.1, 0.15) is 55.2 Å². The molecular formula is C39H43BrFN3O6. The van der Waals surface area contributed by atoms with Crippen LogP contribution in [0, 0.1) is 5.82 Å². The van der Waals surface area contributed by atoms with Crippen molar-refractivity contribution in [3.05, 3.63) is 105 Å². The summed E-state index contributed by atoms with van der Waals surface area (Å²) in [5, 5.41) is 22.8. The number of piperazine rings is 1.